The van der Waals surface area contributed by atoms with Crippen LogP contribution in [0.5, 0.6) is 5.75 Å². The molecule has 0 aliphatic carbocycles. The summed E-state index contributed by atoms with van der Waals surface area (Å²) in [5.41, 5.74) is 5.98. The van der Waals surface area contributed by atoms with Gasteiger partial charge in [0, 0.05) is 18.7 Å². The van der Waals surface area contributed by atoms with Crippen molar-refractivity contribution in [3.63, 3.8) is 0 Å². The van der Waals surface area contributed by atoms with Crippen molar-refractivity contribution in [3.8, 4) is 5.75 Å². The van der Waals surface area contributed by atoms with E-state index in [0.29, 0.717) is 12.1 Å². The molecule has 0 unspecified atom stereocenters. The molecule has 3 N–H and O–H groups in total. The van der Waals surface area contributed by atoms with E-state index in [1.165, 1.54) is 6.07 Å². The molecule has 1 amide bonds. The molecule has 0 saturated carbocycles. The third kappa shape index (κ3) is 3.20. The number of carbonyl (C=O) groups is 1. The zero-order chi connectivity index (χ0) is 12.0. The normalized spacial score (nSPS) is 9.94. The maximum Gasteiger partial charge on any atom is 0.257 e. The average Bonchev–Trinajstić information content (AvgIpc) is 2.27. The van der Waals surface area contributed by atoms with Gasteiger partial charge in [-0.3, -0.25) is 4.79 Å². The van der Waals surface area contributed by atoms with Crippen molar-refractivity contribution < 1.29 is 13.9 Å². The molecule has 4 nitrogen and oxygen atoms in total. The number of ether oxygens (including phenoxy) is 1. The number of nitrogens with two attached hydrogens (primary N) is 1. The summed E-state index contributed by atoms with van der Waals surface area (Å²) in [6, 6.07) is 4.48. The minimum absolute atomic E-state index is 0.0521. The number of halogens is 1. The Labute approximate surface area is 93.6 Å². The van der Waals surface area contributed by atoms with Crippen LogP contribution in [0.1, 0.15) is 12.5 Å². The number of amides is 1. The quantitative estimate of drug-likeness (QED) is 0.780. The Hall–Kier alpha value is -1.62. The molecule has 0 spiro atoms. The zero-order valence-corrected chi connectivity index (χ0v) is 9.13. The number of benzene rings is 1. The molecule has 5 heteroatoms. The molecule has 1 rings (SSSR count). The number of carbonyl (C=O) groups excluding carboxylic acids is 1. The van der Waals surface area contributed by atoms with E-state index in [9.17, 15) is 9.18 Å². The van der Waals surface area contributed by atoms with Crippen molar-refractivity contribution in [2.75, 3.05) is 13.2 Å². The van der Waals surface area contributed by atoms with E-state index < -0.39 is 5.82 Å². The smallest absolute Gasteiger partial charge is 0.257 e. The van der Waals surface area contributed by atoms with Crippen molar-refractivity contribution >= 4 is 5.91 Å². The van der Waals surface area contributed by atoms with Crippen molar-refractivity contribution in [1.29, 1.82) is 0 Å². The van der Waals surface area contributed by atoms with E-state index in [0.717, 1.165) is 0 Å². The van der Waals surface area contributed by atoms with Gasteiger partial charge >= 0.3 is 0 Å². The Morgan fingerprint density at radius 3 is 2.94 bits per heavy atom. The van der Waals surface area contributed by atoms with Crippen LogP contribution in [0, 0.1) is 5.82 Å². The van der Waals surface area contributed by atoms with Crippen LogP contribution < -0.4 is 15.8 Å². The van der Waals surface area contributed by atoms with Crippen molar-refractivity contribution in [2.45, 2.75) is 13.5 Å². The second kappa shape index (κ2) is 6.07. The molecule has 0 aliphatic rings. The van der Waals surface area contributed by atoms with Gasteiger partial charge in [0.05, 0.1) is 0 Å². The van der Waals surface area contributed by atoms with Gasteiger partial charge in [-0.25, -0.2) is 4.39 Å². The topological polar surface area (TPSA) is 64.3 Å². The van der Waals surface area contributed by atoms with Gasteiger partial charge in [0.25, 0.3) is 5.91 Å². The standard InChI is InChI=1S/C11H15FN2O2/c1-2-14-10(15)7-16-11-8(6-13)4-3-5-9(11)12/h3-5H,2,6-7,13H2,1H3,(H,14,15). The molecule has 0 heterocycles. The summed E-state index contributed by atoms with van der Waals surface area (Å²) in [7, 11) is 0. The lowest BCUT2D eigenvalue weighted by Crippen LogP contribution is -2.28. The van der Waals surface area contributed by atoms with Crippen LogP contribution in [-0.2, 0) is 11.3 Å². The Balaban J connectivity index is 2.69. The van der Waals surface area contributed by atoms with E-state index >= 15 is 0 Å². The van der Waals surface area contributed by atoms with Gasteiger partial charge in [-0.2, -0.15) is 0 Å². The Morgan fingerprint density at radius 2 is 2.31 bits per heavy atom. The number of para-hydroxylation sites is 1. The van der Waals surface area contributed by atoms with Gasteiger partial charge in [-0.1, -0.05) is 12.1 Å². The van der Waals surface area contributed by atoms with E-state index in [-0.39, 0.29) is 24.8 Å². The first-order chi connectivity index (χ1) is 7.69. The SMILES string of the molecule is CCNC(=O)COc1c(F)cccc1CN. The Morgan fingerprint density at radius 1 is 1.56 bits per heavy atom. The summed E-state index contributed by atoms with van der Waals surface area (Å²) in [5, 5.41) is 2.56. The minimum Gasteiger partial charge on any atom is -0.480 e. The summed E-state index contributed by atoms with van der Waals surface area (Å²) < 4.78 is 18.5. The number of likely N-dealkylation sites (N-methyl/N-ethyl adjacent to an activating group) is 1. The fourth-order valence-electron chi connectivity index (χ4n) is 1.26. The monoisotopic (exact) mass is 226 g/mol. The molecule has 0 aliphatic heterocycles. The first-order valence-electron chi connectivity index (χ1n) is 5.06. The molecule has 1 aromatic rings. The minimum atomic E-state index is -0.507. The van der Waals surface area contributed by atoms with E-state index in [1.807, 2.05) is 0 Å². The number of hydrogen-bond donors (Lipinski definition) is 2. The van der Waals surface area contributed by atoms with Gasteiger partial charge in [-0.05, 0) is 13.0 Å². The zero-order valence-electron chi connectivity index (χ0n) is 9.13. The molecule has 0 fully saturated rings. The second-order valence-electron chi connectivity index (χ2n) is 3.17. The molecule has 0 radical (unpaired) electrons. The van der Waals surface area contributed by atoms with Crippen LogP contribution in [-0.4, -0.2) is 19.1 Å². The first-order valence-corrected chi connectivity index (χ1v) is 5.06. The molecule has 0 atom stereocenters. The fourth-order valence-corrected chi connectivity index (χ4v) is 1.26. The molecule has 16 heavy (non-hydrogen) atoms. The van der Waals surface area contributed by atoms with Gasteiger partial charge in [-0.15, -0.1) is 0 Å². The molecular formula is C11H15FN2O2. The van der Waals surface area contributed by atoms with Crippen molar-refractivity contribution in [3.05, 3.63) is 29.6 Å². The van der Waals surface area contributed by atoms with Crippen molar-refractivity contribution in [1.82, 2.24) is 5.32 Å². The molecule has 88 valence electrons. The van der Waals surface area contributed by atoms with Gasteiger partial charge in [0.2, 0.25) is 0 Å². The largest absolute Gasteiger partial charge is 0.480 e. The summed E-state index contributed by atoms with van der Waals surface area (Å²) in [4.78, 5) is 11.1. The van der Waals surface area contributed by atoms with Gasteiger partial charge in [0.1, 0.15) is 0 Å². The Kier molecular flexibility index (Phi) is 4.72. The highest BCUT2D eigenvalue weighted by molar-refractivity contribution is 5.77. The lowest BCUT2D eigenvalue weighted by atomic mass is 10.2. The van der Waals surface area contributed by atoms with Crippen LogP contribution >= 0.6 is 0 Å². The van der Waals surface area contributed by atoms with Crippen LogP contribution in [0.15, 0.2) is 18.2 Å². The first kappa shape index (κ1) is 12.4. The lowest BCUT2D eigenvalue weighted by molar-refractivity contribution is -0.123. The summed E-state index contributed by atoms with van der Waals surface area (Å²) in [5.74, 6) is -0.739. The maximum absolute atomic E-state index is 13.4. The fraction of sp³-hybridized carbons (Fsp3) is 0.364. The summed E-state index contributed by atoms with van der Waals surface area (Å²) in [6.45, 7) is 2.28. The van der Waals surface area contributed by atoms with Crippen molar-refractivity contribution in [2.24, 2.45) is 5.73 Å². The Bertz CT molecular complexity index is 369. The third-order valence-electron chi connectivity index (χ3n) is 1.99. The average molecular weight is 226 g/mol. The molecular weight excluding hydrogens is 211 g/mol. The van der Waals surface area contributed by atoms with E-state index in [2.05, 4.69) is 5.32 Å². The number of hydrogen-bond acceptors (Lipinski definition) is 3. The highest BCUT2D eigenvalue weighted by atomic mass is 19.1. The lowest BCUT2D eigenvalue weighted by Gasteiger charge is -2.10. The van der Waals surface area contributed by atoms with Crippen LogP contribution in [0.2, 0.25) is 0 Å². The summed E-state index contributed by atoms with van der Waals surface area (Å²) in [6.07, 6.45) is 0. The molecule has 0 saturated heterocycles. The van der Waals surface area contributed by atoms with E-state index in [4.69, 9.17) is 10.5 Å². The predicted molar refractivity (Wildman–Crippen MR) is 58.5 cm³/mol. The van der Waals surface area contributed by atoms with Crippen LogP contribution in [0.3, 0.4) is 0 Å². The summed E-state index contributed by atoms with van der Waals surface area (Å²) >= 11 is 0. The maximum atomic E-state index is 13.4. The highest BCUT2D eigenvalue weighted by Gasteiger charge is 2.10. The van der Waals surface area contributed by atoms with Crippen LogP contribution in [0.4, 0.5) is 4.39 Å². The molecule has 0 bridgehead atoms. The number of nitrogens with one attached hydrogen (secondary N) is 1. The molecule has 1 aromatic carbocycles. The predicted octanol–water partition coefficient (Wildman–Crippen LogP) is 0.799. The van der Waals surface area contributed by atoms with Gasteiger partial charge in [0.15, 0.2) is 18.2 Å². The number of rotatable bonds is 5. The second-order valence-corrected chi connectivity index (χ2v) is 3.17. The van der Waals surface area contributed by atoms with Crippen LogP contribution in [0.25, 0.3) is 0 Å². The van der Waals surface area contributed by atoms with Gasteiger partial charge < -0.3 is 15.8 Å². The highest BCUT2D eigenvalue weighted by Crippen LogP contribution is 2.21. The molecule has 0 aromatic heterocycles. The van der Waals surface area contributed by atoms with E-state index in [1.54, 1.807) is 19.1 Å². The third-order valence-corrected chi connectivity index (χ3v) is 1.99.